The monoisotopic (exact) mass is 451 g/mol. The standard InChI is InChI=1S/C29H27N2O3/c1-3-30-15-7-9-21-12-11-19(17-26(21)30)16-23-27(32)24(29(34)28(23)33)18-22-14-13-20-8-5-6-10-25(20)31(22)4-2/h5-12,15-16,18H,3-4,13-14,17H2,1-2H3/q+1/b19-16+,24-18+. The molecule has 0 spiro atoms. The van der Waals surface area contributed by atoms with E-state index < -0.39 is 17.3 Å². The number of fused-ring (bicyclic) bond motifs is 2. The number of aromatic nitrogens is 1. The fourth-order valence-electron chi connectivity index (χ4n) is 5.07. The van der Waals surface area contributed by atoms with Gasteiger partial charge in [-0.1, -0.05) is 30.0 Å². The molecule has 5 heteroatoms. The van der Waals surface area contributed by atoms with Crippen molar-refractivity contribution in [1.82, 2.24) is 0 Å². The zero-order valence-electron chi connectivity index (χ0n) is 19.5. The molecular formula is C29H27N2O3+. The number of aryl methyl sites for hydroxylation is 2. The molecule has 5 nitrogen and oxygen atoms in total. The second kappa shape index (κ2) is 8.82. The van der Waals surface area contributed by atoms with Gasteiger partial charge < -0.3 is 5.11 Å². The van der Waals surface area contributed by atoms with Crippen molar-refractivity contribution in [3.05, 3.63) is 100 Å². The number of hydrogen-bond acceptors (Lipinski definition) is 3. The average Bonchev–Trinajstić information content (AvgIpc) is 3.06. The first-order valence-electron chi connectivity index (χ1n) is 11.9. The second-order valence-corrected chi connectivity index (χ2v) is 8.75. The summed E-state index contributed by atoms with van der Waals surface area (Å²) in [5.41, 5.74) is 6.30. The van der Waals surface area contributed by atoms with Crippen LogP contribution in [-0.2, 0) is 29.0 Å². The number of rotatable bonds is 4. The molecule has 0 saturated carbocycles. The number of para-hydroxylation sites is 1. The van der Waals surface area contributed by atoms with Gasteiger partial charge >= 0.3 is 0 Å². The van der Waals surface area contributed by atoms with E-state index in [1.807, 2.05) is 43.5 Å². The summed E-state index contributed by atoms with van der Waals surface area (Å²) >= 11 is 0. The number of carbonyl (C=O) groups is 2. The molecule has 0 atom stereocenters. The minimum Gasteiger partial charge on any atom is -0.871 e. The maximum atomic E-state index is 13.2. The summed E-state index contributed by atoms with van der Waals surface area (Å²) in [5.74, 6) is -1.89. The van der Waals surface area contributed by atoms with Crippen molar-refractivity contribution in [1.29, 1.82) is 0 Å². The van der Waals surface area contributed by atoms with E-state index in [4.69, 9.17) is 0 Å². The normalized spacial score (nSPS) is 19.9. The number of hydrogen-bond donors (Lipinski definition) is 0. The maximum absolute atomic E-state index is 13.2. The van der Waals surface area contributed by atoms with Crippen LogP contribution in [0, 0.1) is 0 Å². The average molecular weight is 452 g/mol. The highest BCUT2D eigenvalue weighted by Crippen LogP contribution is 2.30. The molecule has 3 aliphatic rings. The summed E-state index contributed by atoms with van der Waals surface area (Å²) < 4.78 is 4.28. The van der Waals surface area contributed by atoms with E-state index in [0.29, 0.717) is 13.0 Å². The second-order valence-electron chi connectivity index (χ2n) is 8.75. The van der Waals surface area contributed by atoms with Gasteiger partial charge in [0.15, 0.2) is 17.6 Å². The molecule has 0 saturated heterocycles. The van der Waals surface area contributed by atoms with E-state index in [9.17, 15) is 14.7 Å². The van der Waals surface area contributed by atoms with Crippen LogP contribution in [0.1, 0.15) is 37.1 Å². The third-order valence-corrected chi connectivity index (χ3v) is 6.83. The van der Waals surface area contributed by atoms with Crippen molar-refractivity contribution in [2.24, 2.45) is 0 Å². The minimum absolute atomic E-state index is 0.0199. The van der Waals surface area contributed by atoms with Crippen molar-refractivity contribution in [2.45, 2.75) is 39.7 Å². The number of pyridine rings is 1. The van der Waals surface area contributed by atoms with Crippen molar-refractivity contribution < 1.29 is 23.8 Å². The van der Waals surface area contributed by atoms with Crippen LogP contribution in [0.5, 0.6) is 0 Å². The smallest absolute Gasteiger partial charge is 0.233 e. The summed E-state index contributed by atoms with van der Waals surface area (Å²) in [4.78, 5) is 25.7. The predicted molar refractivity (Wildman–Crippen MR) is 128 cm³/mol. The van der Waals surface area contributed by atoms with Crippen molar-refractivity contribution in [3.8, 4) is 0 Å². The van der Waals surface area contributed by atoms with E-state index in [1.165, 1.54) is 5.56 Å². The molecule has 0 unspecified atom stereocenters. The van der Waals surface area contributed by atoms with E-state index >= 15 is 0 Å². The highest BCUT2D eigenvalue weighted by molar-refractivity contribution is 6.54. The Bertz CT molecular complexity index is 1390. The molecule has 1 aliphatic heterocycles. The van der Waals surface area contributed by atoms with Crippen LogP contribution in [0.4, 0.5) is 5.69 Å². The molecule has 5 rings (SSSR count). The van der Waals surface area contributed by atoms with Crippen molar-refractivity contribution >= 4 is 29.0 Å². The van der Waals surface area contributed by atoms with Gasteiger partial charge in [-0.05, 0) is 44.1 Å². The lowest BCUT2D eigenvalue weighted by Gasteiger charge is -2.16. The van der Waals surface area contributed by atoms with Gasteiger partial charge in [-0.2, -0.15) is 4.58 Å². The molecule has 1 aromatic heterocycles. The Balaban J connectivity index is 1.54. The first-order chi connectivity index (χ1) is 16.5. The zero-order valence-corrected chi connectivity index (χ0v) is 19.5. The summed E-state index contributed by atoms with van der Waals surface area (Å²) in [6.45, 7) is 5.67. The van der Waals surface area contributed by atoms with Crippen molar-refractivity contribution in [3.63, 3.8) is 0 Å². The van der Waals surface area contributed by atoms with Crippen LogP contribution < -0.4 is 9.67 Å². The molecule has 2 aromatic rings. The number of allylic oxidation sites excluding steroid dienone is 6. The number of carbonyl (C=O) groups excluding carboxylic acids is 2. The summed E-state index contributed by atoms with van der Waals surface area (Å²) in [5, 5.41) is 13.2. The van der Waals surface area contributed by atoms with Gasteiger partial charge in [0.2, 0.25) is 17.3 Å². The van der Waals surface area contributed by atoms with Crippen LogP contribution in [0.2, 0.25) is 0 Å². The number of nitrogens with zero attached hydrogens (tertiary/aromatic N) is 2. The van der Waals surface area contributed by atoms with Gasteiger partial charge in [-0.15, -0.1) is 0 Å². The largest absolute Gasteiger partial charge is 0.871 e. The van der Waals surface area contributed by atoms with Gasteiger partial charge in [0, 0.05) is 46.9 Å². The fraction of sp³-hybridized carbons (Fsp3) is 0.241. The molecule has 0 amide bonds. The Labute approximate surface area is 199 Å². The Morgan fingerprint density at radius 3 is 2.56 bits per heavy atom. The number of benzene rings is 1. The van der Waals surface area contributed by atoms with Crippen LogP contribution >= 0.6 is 0 Å². The van der Waals surface area contributed by atoms with Gasteiger partial charge in [0.25, 0.3) is 0 Å². The van der Waals surface area contributed by atoms with E-state index in [2.05, 4.69) is 34.3 Å². The molecule has 170 valence electrons. The molecule has 0 radical (unpaired) electrons. The molecule has 2 heterocycles. The SMILES string of the molecule is CC[N+]1=C(/C=C2/C(=O)C(=O)C(/C=C3\C=Cc4ccc[n+](CC)c4C3)=C2[O-])CCc2ccccc21. The number of Topliss-reactive ketones (excluding diaryl/α,β-unsaturated/α-hetero) is 2. The summed E-state index contributed by atoms with van der Waals surface area (Å²) in [6.07, 6.45) is 11.4. The maximum Gasteiger partial charge on any atom is 0.233 e. The first kappa shape index (κ1) is 22.0. The van der Waals surface area contributed by atoms with Gasteiger partial charge in [0.05, 0.1) is 6.42 Å². The number of ketones is 2. The Hall–Kier alpha value is -3.86. The summed E-state index contributed by atoms with van der Waals surface area (Å²) in [7, 11) is 0. The molecule has 0 bridgehead atoms. The first-order valence-corrected chi connectivity index (χ1v) is 11.9. The lowest BCUT2D eigenvalue weighted by Crippen LogP contribution is -2.38. The molecule has 0 N–H and O–H groups in total. The Kier molecular flexibility index (Phi) is 5.70. The quantitative estimate of drug-likeness (QED) is 0.408. The topological polar surface area (TPSA) is 64.1 Å². The van der Waals surface area contributed by atoms with Crippen molar-refractivity contribution in [2.75, 3.05) is 6.54 Å². The molecule has 0 fully saturated rings. The summed E-state index contributed by atoms with van der Waals surface area (Å²) in [6, 6.07) is 12.2. The van der Waals surface area contributed by atoms with E-state index in [1.54, 1.807) is 12.2 Å². The third-order valence-electron chi connectivity index (χ3n) is 6.83. The lowest BCUT2D eigenvalue weighted by atomic mass is 9.96. The minimum atomic E-state index is -0.709. The predicted octanol–water partition coefficient (Wildman–Crippen LogP) is 2.93. The van der Waals surface area contributed by atoms with Crippen LogP contribution in [-0.4, -0.2) is 28.4 Å². The molecule has 34 heavy (non-hydrogen) atoms. The fourth-order valence-corrected chi connectivity index (χ4v) is 5.07. The van der Waals surface area contributed by atoms with E-state index in [0.717, 1.165) is 47.6 Å². The zero-order chi connectivity index (χ0) is 23.8. The lowest BCUT2D eigenvalue weighted by molar-refractivity contribution is -0.700. The van der Waals surface area contributed by atoms with Crippen LogP contribution in [0.15, 0.2) is 83.3 Å². The Morgan fingerprint density at radius 2 is 1.76 bits per heavy atom. The van der Waals surface area contributed by atoms with Gasteiger partial charge in [0.1, 0.15) is 13.1 Å². The molecular weight excluding hydrogens is 424 g/mol. The van der Waals surface area contributed by atoms with Crippen LogP contribution in [0.3, 0.4) is 0 Å². The van der Waals surface area contributed by atoms with Gasteiger partial charge in [-0.3, -0.25) is 9.59 Å². The third kappa shape index (κ3) is 3.67. The molecule has 1 aromatic carbocycles. The van der Waals surface area contributed by atoms with Crippen LogP contribution in [0.25, 0.3) is 6.08 Å². The van der Waals surface area contributed by atoms with E-state index in [-0.39, 0.29) is 11.1 Å². The highest BCUT2D eigenvalue weighted by atomic mass is 16.3. The van der Waals surface area contributed by atoms with Gasteiger partial charge in [-0.25, -0.2) is 4.57 Å². The molecule has 2 aliphatic carbocycles. The highest BCUT2D eigenvalue weighted by Gasteiger charge is 2.33. The Morgan fingerprint density at radius 1 is 0.941 bits per heavy atom.